The van der Waals surface area contributed by atoms with Crippen LogP contribution in [0, 0.1) is 5.92 Å². The standard InChI is InChI=1S/C18H24Cl2N2O3S/c19-15-5-6-16(20)17(13-15)26(24,25)22-11-7-14(8-12-22)18(23)21-9-3-1-2-4-10-21/h5-6,13-14H,1-4,7-12H2. The van der Waals surface area contributed by atoms with E-state index >= 15 is 0 Å². The van der Waals surface area contributed by atoms with E-state index in [1.807, 2.05) is 4.90 Å². The maximum absolute atomic E-state index is 12.9. The van der Waals surface area contributed by atoms with Crippen molar-refractivity contribution < 1.29 is 13.2 Å². The molecule has 3 rings (SSSR count). The summed E-state index contributed by atoms with van der Waals surface area (Å²) in [5, 5.41) is 0.497. The molecule has 2 heterocycles. The van der Waals surface area contributed by atoms with Crippen LogP contribution < -0.4 is 0 Å². The monoisotopic (exact) mass is 418 g/mol. The summed E-state index contributed by atoms with van der Waals surface area (Å²) >= 11 is 12.0. The van der Waals surface area contributed by atoms with Gasteiger partial charge < -0.3 is 4.90 Å². The summed E-state index contributed by atoms with van der Waals surface area (Å²) in [6.07, 6.45) is 5.58. The number of amides is 1. The van der Waals surface area contributed by atoms with Crippen molar-refractivity contribution in [2.45, 2.75) is 43.4 Å². The molecule has 144 valence electrons. The number of piperidine rings is 1. The van der Waals surface area contributed by atoms with Gasteiger partial charge in [-0.2, -0.15) is 4.31 Å². The molecule has 0 aliphatic carbocycles. The Bertz CT molecular complexity index is 754. The molecule has 0 unspecified atom stereocenters. The van der Waals surface area contributed by atoms with Gasteiger partial charge in [0.15, 0.2) is 0 Å². The molecule has 2 aliphatic heterocycles. The van der Waals surface area contributed by atoms with Crippen molar-refractivity contribution >= 4 is 39.1 Å². The highest BCUT2D eigenvalue weighted by Gasteiger charge is 2.34. The van der Waals surface area contributed by atoms with Crippen LogP contribution in [0.25, 0.3) is 0 Å². The Labute approximate surface area is 165 Å². The van der Waals surface area contributed by atoms with Gasteiger partial charge in [0.1, 0.15) is 4.90 Å². The maximum Gasteiger partial charge on any atom is 0.244 e. The normalized spacial score (nSPS) is 20.8. The number of rotatable bonds is 3. The highest BCUT2D eigenvalue weighted by atomic mass is 35.5. The van der Waals surface area contributed by atoms with Crippen LogP contribution in [0.5, 0.6) is 0 Å². The quantitative estimate of drug-likeness (QED) is 0.749. The topological polar surface area (TPSA) is 57.7 Å². The number of benzene rings is 1. The van der Waals surface area contributed by atoms with E-state index in [0.29, 0.717) is 31.0 Å². The average molecular weight is 419 g/mol. The summed E-state index contributed by atoms with van der Waals surface area (Å²) in [6.45, 7) is 2.32. The molecule has 8 heteroatoms. The SMILES string of the molecule is O=C(C1CCN(S(=O)(=O)c2cc(Cl)ccc2Cl)CC1)N1CCCCCC1. The third-order valence-electron chi connectivity index (χ3n) is 5.23. The predicted octanol–water partition coefficient (Wildman–Crippen LogP) is 3.80. The van der Waals surface area contributed by atoms with Gasteiger partial charge in [-0.3, -0.25) is 4.79 Å². The molecule has 1 aromatic rings. The highest BCUT2D eigenvalue weighted by molar-refractivity contribution is 7.89. The molecule has 0 N–H and O–H groups in total. The van der Waals surface area contributed by atoms with E-state index in [9.17, 15) is 13.2 Å². The van der Waals surface area contributed by atoms with Gasteiger partial charge in [0.2, 0.25) is 15.9 Å². The zero-order chi connectivity index (χ0) is 18.7. The molecular formula is C18H24Cl2N2O3S. The summed E-state index contributed by atoms with van der Waals surface area (Å²) in [5.41, 5.74) is 0. The van der Waals surface area contributed by atoms with Gasteiger partial charge in [-0.15, -0.1) is 0 Å². The van der Waals surface area contributed by atoms with Crippen LogP contribution in [0.1, 0.15) is 38.5 Å². The first-order chi connectivity index (χ1) is 12.4. The zero-order valence-electron chi connectivity index (χ0n) is 14.7. The van der Waals surface area contributed by atoms with Crippen LogP contribution in [-0.2, 0) is 14.8 Å². The number of nitrogens with zero attached hydrogens (tertiary/aromatic N) is 2. The molecule has 2 aliphatic rings. The van der Waals surface area contributed by atoms with Crippen LogP contribution >= 0.6 is 23.2 Å². The fraction of sp³-hybridized carbons (Fsp3) is 0.611. The Kier molecular flexibility index (Phi) is 6.49. The molecule has 0 saturated carbocycles. The summed E-state index contributed by atoms with van der Waals surface area (Å²) < 4.78 is 27.2. The molecule has 2 saturated heterocycles. The molecule has 0 bridgehead atoms. The lowest BCUT2D eigenvalue weighted by molar-refractivity contribution is -0.136. The summed E-state index contributed by atoms with van der Waals surface area (Å²) in [4.78, 5) is 14.7. The summed E-state index contributed by atoms with van der Waals surface area (Å²) in [6, 6.07) is 4.44. The Morgan fingerprint density at radius 3 is 2.19 bits per heavy atom. The Hall–Kier alpha value is -0.820. The molecule has 0 aromatic heterocycles. The highest BCUT2D eigenvalue weighted by Crippen LogP contribution is 2.31. The lowest BCUT2D eigenvalue weighted by Crippen LogP contribution is -2.44. The van der Waals surface area contributed by atoms with E-state index in [4.69, 9.17) is 23.2 Å². The molecule has 0 atom stereocenters. The van der Waals surface area contributed by atoms with Crippen molar-refractivity contribution in [3.8, 4) is 0 Å². The first-order valence-electron chi connectivity index (χ1n) is 9.13. The molecule has 5 nitrogen and oxygen atoms in total. The van der Waals surface area contributed by atoms with Gasteiger partial charge in [0.25, 0.3) is 0 Å². The molecule has 0 spiro atoms. The van der Waals surface area contributed by atoms with Gasteiger partial charge in [-0.25, -0.2) is 8.42 Å². The zero-order valence-corrected chi connectivity index (χ0v) is 17.0. The fourth-order valence-corrected chi connectivity index (χ4v) is 5.91. The Morgan fingerprint density at radius 1 is 0.962 bits per heavy atom. The van der Waals surface area contributed by atoms with Crippen LogP contribution in [0.4, 0.5) is 0 Å². The second-order valence-corrected chi connectivity index (χ2v) is 9.74. The van der Waals surface area contributed by atoms with E-state index in [2.05, 4.69) is 0 Å². The Morgan fingerprint density at radius 2 is 1.58 bits per heavy atom. The predicted molar refractivity (Wildman–Crippen MR) is 103 cm³/mol. The van der Waals surface area contributed by atoms with Gasteiger partial charge in [-0.1, -0.05) is 36.0 Å². The van der Waals surface area contributed by atoms with Gasteiger partial charge in [-0.05, 0) is 43.9 Å². The third kappa shape index (κ3) is 4.35. The van der Waals surface area contributed by atoms with Crippen LogP contribution in [0.15, 0.2) is 23.1 Å². The van der Waals surface area contributed by atoms with E-state index in [1.165, 1.54) is 29.3 Å². The lowest BCUT2D eigenvalue weighted by Gasteiger charge is -2.33. The Balaban J connectivity index is 1.66. The largest absolute Gasteiger partial charge is 0.342 e. The van der Waals surface area contributed by atoms with Gasteiger partial charge >= 0.3 is 0 Å². The minimum absolute atomic E-state index is 0.0314. The summed E-state index contributed by atoms with van der Waals surface area (Å²) in [5.74, 6) is 0.0964. The number of hydrogen-bond donors (Lipinski definition) is 0. The molecule has 0 radical (unpaired) electrons. The second-order valence-electron chi connectivity index (χ2n) is 6.99. The van der Waals surface area contributed by atoms with Crippen molar-refractivity contribution in [2.24, 2.45) is 5.92 Å². The average Bonchev–Trinajstić information content (AvgIpc) is 2.92. The number of carbonyl (C=O) groups is 1. The first kappa shape index (κ1) is 19.9. The van der Waals surface area contributed by atoms with E-state index < -0.39 is 10.0 Å². The van der Waals surface area contributed by atoms with Gasteiger partial charge in [0, 0.05) is 37.1 Å². The second kappa shape index (κ2) is 8.46. The number of sulfonamides is 1. The van der Waals surface area contributed by atoms with Crippen molar-refractivity contribution in [2.75, 3.05) is 26.2 Å². The smallest absolute Gasteiger partial charge is 0.244 e. The fourth-order valence-electron chi connectivity index (χ4n) is 3.71. The van der Waals surface area contributed by atoms with Crippen molar-refractivity contribution in [1.29, 1.82) is 0 Å². The third-order valence-corrected chi connectivity index (χ3v) is 7.85. The van der Waals surface area contributed by atoms with E-state index in [1.54, 1.807) is 6.07 Å². The van der Waals surface area contributed by atoms with Crippen LogP contribution in [0.2, 0.25) is 10.0 Å². The summed E-state index contributed by atoms with van der Waals surface area (Å²) in [7, 11) is -3.70. The molecular weight excluding hydrogens is 395 g/mol. The maximum atomic E-state index is 12.9. The van der Waals surface area contributed by atoms with E-state index in [0.717, 1.165) is 25.9 Å². The minimum Gasteiger partial charge on any atom is -0.342 e. The molecule has 26 heavy (non-hydrogen) atoms. The number of likely N-dealkylation sites (tertiary alicyclic amines) is 1. The molecule has 1 aromatic carbocycles. The number of halogens is 2. The van der Waals surface area contributed by atoms with Crippen LogP contribution in [0.3, 0.4) is 0 Å². The van der Waals surface area contributed by atoms with Crippen molar-refractivity contribution in [3.63, 3.8) is 0 Å². The lowest BCUT2D eigenvalue weighted by atomic mass is 9.96. The van der Waals surface area contributed by atoms with E-state index in [-0.39, 0.29) is 21.7 Å². The van der Waals surface area contributed by atoms with Gasteiger partial charge in [0.05, 0.1) is 5.02 Å². The molecule has 2 fully saturated rings. The number of hydrogen-bond acceptors (Lipinski definition) is 3. The number of carbonyl (C=O) groups excluding carboxylic acids is 1. The van der Waals surface area contributed by atoms with Crippen LogP contribution in [-0.4, -0.2) is 49.7 Å². The van der Waals surface area contributed by atoms with Crippen molar-refractivity contribution in [3.05, 3.63) is 28.2 Å². The molecule has 1 amide bonds. The van der Waals surface area contributed by atoms with Crippen molar-refractivity contribution in [1.82, 2.24) is 9.21 Å². The first-order valence-corrected chi connectivity index (χ1v) is 11.3. The minimum atomic E-state index is -3.70.